The smallest absolute Gasteiger partial charge is 0.338 e. The highest BCUT2D eigenvalue weighted by Gasteiger charge is 2.20. The maximum absolute atomic E-state index is 11.0. The summed E-state index contributed by atoms with van der Waals surface area (Å²) < 4.78 is 0. The molecule has 7 nitrogen and oxygen atoms in total. The molecule has 19 heavy (non-hydrogen) atoms. The molecule has 0 spiro atoms. The number of aliphatic hydroxyl groups excluding tert-OH is 1. The molecule has 0 bridgehead atoms. The van der Waals surface area contributed by atoms with E-state index in [0.29, 0.717) is 19.4 Å². The first-order valence-corrected chi connectivity index (χ1v) is 5.86. The Balaban J connectivity index is 2.89. The minimum Gasteiger partial charge on any atom is -0.478 e. The van der Waals surface area contributed by atoms with Crippen LogP contribution in [0.1, 0.15) is 30.1 Å². The normalized spacial score (nSPS) is 11.9. The van der Waals surface area contributed by atoms with E-state index >= 15 is 0 Å². The van der Waals surface area contributed by atoms with Gasteiger partial charge in [0.2, 0.25) is 0 Å². The van der Waals surface area contributed by atoms with Gasteiger partial charge in [-0.3, -0.25) is 10.1 Å². The van der Waals surface area contributed by atoms with E-state index in [1.807, 2.05) is 0 Å². The predicted octanol–water partition coefficient (Wildman–Crippen LogP) is 1.87. The van der Waals surface area contributed by atoms with Crippen LogP contribution in [0.5, 0.6) is 0 Å². The zero-order chi connectivity index (χ0) is 14.4. The summed E-state index contributed by atoms with van der Waals surface area (Å²) in [6, 6.07) is 3.90. The SMILES string of the molecule is CC(O)CCCNc1c(C(=O)O)cccc1[N+](=O)[O-]. The van der Waals surface area contributed by atoms with Gasteiger partial charge in [0.1, 0.15) is 5.69 Å². The number of nitrogens with zero attached hydrogens (tertiary/aromatic N) is 1. The molecule has 1 rings (SSSR count). The van der Waals surface area contributed by atoms with E-state index in [0.717, 1.165) is 0 Å². The van der Waals surface area contributed by atoms with Crippen LogP contribution in [0.25, 0.3) is 0 Å². The van der Waals surface area contributed by atoms with Crippen molar-refractivity contribution in [2.45, 2.75) is 25.9 Å². The third-order valence-corrected chi connectivity index (χ3v) is 2.57. The Morgan fingerprint density at radius 2 is 2.21 bits per heavy atom. The quantitative estimate of drug-likeness (QED) is 0.395. The van der Waals surface area contributed by atoms with Gasteiger partial charge in [0.25, 0.3) is 5.69 Å². The fourth-order valence-corrected chi connectivity index (χ4v) is 1.67. The molecule has 1 aromatic carbocycles. The maximum Gasteiger partial charge on any atom is 0.338 e. The highest BCUT2D eigenvalue weighted by Crippen LogP contribution is 2.28. The summed E-state index contributed by atoms with van der Waals surface area (Å²) in [5.41, 5.74) is -0.395. The average molecular weight is 268 g/mol. The number of aromatic carboxylic acids is 1. The Morgan fingerprint density at radius 3 is 2.74 bits per heavy atom. The van der Waals surface area contributed by atoms with Crippen LogP contribution < -0.4 is 5.32 Å². The third kappa shape index (κ3) is 4.22. The molecule has 0 fully saturated rings. The number of benzene rings is 1. The first-order valence-electron chi connectivity index (χ1n) is 5.86. The van der Waals surface area contributed by atoms with Crippen LogP contribution in [-0.4, -0.2) is 33.8 Å². The minimum atomic E-state index is -1.22. The van der Waals surface area contributed by atoms with Crippen LogP contribution in [-0.2, 0) is 0 Å². The summed E-state index contributed by atoms with van der Waals surface area (Å²) in [4.78, 5) is 21.3. The van der Waals surface area contributed by atoms with Crippen LogP contribution in [0.4, 0.5) is 11.4 Å². The van der Waals surface area contributed by atoms with Crippen molar-refractivity contribution in [3.8, 4) is 0 Å². The van der Waals surface area contributed by atoms with Crippen LogP contribution in [0.3, 0.4) is 0 Å². The highest BCUT2D eigenvalue weighted by atomic mass is 16.6. The van der Waals surface area contributed by atoms with Crippen molar-refractivity contribution >= 4 is 17.3 Å². The second-order valence-electron chi connectivity index (χ2n) is 4.18. The fraction of sp³-hybridized carbons (Fsp3) is 0.417. The van der Waals surface area contributed by atoms with Crippen molar-refractivity contribution in [1.82, 2.24) is 0 Å². The average Bonchev–Trinajstić information content (AvgIpc) is 2.33. The van der Waals surface area contributed by atoms with Gasteiger partial charge in [-0.2, -0.15) is 0 Å². The predicted molar refractivity (Wildman–Crippen MR) is 69.5 cm³/mol. The molecule has 1 atom stereocenters. The molecule has 0 saturated carbocycles. The summed E-state index contributed by atoms with van der Waals surface area (Å²) in [5, 5.41) is 31.8. The Labute approximate surface area is 110 Å². The van der Waals surface area contributed by atoms with Gasteiger partial charge in [-0.25, -0.2) is 4.79 Å². The first kappa shape index (κ1) is 14.9. The van der Waals surface area contributed by atoms with Crippen molar-refractivity contribution in [3.05, 3.63) is 33.9 Å². The number of carboxylic acid groups (broad SMARTS) is 1. The summed E-state index contributed by atoms with van der Waals surface area (Å²) in [7, 11) is 0. The molecule has 0 aliphatic heterocycles. The summed E-state index contributed by atoms with van der Waals surface area (Å²) in [6.45, 7) is 2.00. The lowest BCUT2D eigenvalue weighted by molar-refractivity contribution is -0.384. The third-order valence-electron chi connectivity index (χ3n) is 2.57. The van der Waals surface area contributed by atoms with Gasteiger partial charge in [0, 0.05) is 12.6 Å². The molecule has 7 heteroatoms. The van der Waals surface area contributed by atoms with Crippen molar-refractivity contribution in [3.63, 3.8) is 0 Å². The molecule has 0 aliphatic carbocycles. The van der Waals surface area contributed by atoms with Crippen molar-refractivity contribution in [2.24, 2.45) is 0 Å². The Kier molecular flexibility index (Phi) is 5.25. The zero-order valence-corrected chi connectivity index (χ0v) is 10.5. The van der Waals surface area contributed by atoms with E-state index in [4.69, 9.17) is 10.2 Å². The van der Waals surface area contributed by atoms with Gasteiger partial charge in [0.15, 0.2) is 0 Å². The topological polar surface area (TPSA) is 113 Å². The molecule has 1 aromatic rings. The van der Waals surface area contributed by atoms with Crippen LogP contribution in [0.15, 0.2) is 18.2 Å². The monoisotopic (exact) mass is 268 g/mol. The number of anilines is 1. The Bertz CT molecular complexity index is 441. The summed E-state index contributed by atoms with van der Waals surface area (Å²) >= 11 is 0. The van der Waals surface area contributed by atoms with E-state index in [-0.39, 0.29) is 16.9 Å². The molecule has 0 radical (unpaired) electrons. The van der Waals surface area contributed by atoms with Crippen LogP contribution in [0, 0.1) is 10.1 Å². The second-order valence-corrected chi connectivity index (χ2v) is 4.18. The van der Waals surface area contributed by atoms with Crippen molar-refractivity contribution in [1.29, 1.82) is 0 Å². The molecular formula is C12H16N2O5. The number of para-hydroxylation sites is 1. The number of rotatable bonds is 7. The van der Waals surface area contributed by atoms with Gasteiger partial charge in [-0.15, -0.1) is 0 Å². The van der Waals surface area contributed by atoms with Crippen LogP contribution >= 0.6 is 0 Å². The first-order chi connectivity index (χ1) is 8.93. The number of nitro groups is 1. The van der Waals surface area contributed by atoms with E-state index in [1.54, 1.807) is 6.92 Å². The molecule has 0 aliphatic rings. The lowest BCUT2D eigenvalue weighted by atomic mass is 10.1. The van der Waals surface area contributed by atoms with Gasteiger partial charge in [-0.1, -0.05) is 6.07 Å². The van der Waals surface area contributed by atoms with Crippen molar-refractivity contribution < 1.29 is 19.9 Å². The number of aliphatic hydroxyl groups is 1. The number of hydrogen-bond acceptors (Lipinski definition) is 5. The molecule has 0 amide bonds. The van der Waals surface area contributed by atoms with E-state index in [9.17, 15) is 14.9 Å². The van der Waals surface area contributed by atoms with E-state index in [1.165, 1.54) is 18.2 Å². The molecule has 1 unspecified atom stereocenters. The fourth-order valence-electron chi connectivity index (χ4n) is 1.67. The van der Waals surface area contributed by atoms with Crippen LogP contribution in [0.2, 0.25) is 0 Å². The maximum atomic E-state index is 11.0. The number of nitro benzene ring substituents is 1. The van der Waals surface area contributed by atoms with Gasteiger partial charge < -0.3 is 15.5 Å². The van der Waals surface area contributed by atoms with Gasteiger partial charge in [-0.05, 0) is 25.8 Å². The number of nitrogens with one attached hydrogen (secondary N) is 1. The number of carbonyl (C=O) groups is 1. The van der Waals surface area contributed by atoms with E-state index < -0.39 is 17.0 Å². The molecule has 0 heterocycles. The minimum absolute atomic E-state index is 0.00518. The van der Waals surface area contributed by atoms with Gasteiger partial charge in [0.05, 0.1) is 16.6 Å². The molecule has 3 N–H and O–H groups in total. The standard InChI is InChI=1S/C12H16N2O5/c1-8(15)4-3-7-13-11-9(12(16)17)5-2-6-10(11)14(18)19/h2,5-6,8,13,15H,3-4,7H2,1H3,(H,16,17). The lowest BCUT2D eigenvalue weighted by Gasteiger charge is -2.10. The molecule has 104 valence electrons. The summed E-state index contributed by atoms with van der Waals surface area (Å²) in [6.07, 6.45) is 0.672. The number of carboxylic acids is 1. The summed E-state index contributed by atoms with van der Waals surface area (Å²) in [5.74, 6) is -1.22. The highest BCUT2D eigenvalue weighted by molar-refractivity contribution is 5.96. The lowest BCUT2D eigenvalue weighted by Crippen LogP contribution is -2.11. The van der Waals surface area contributed by atoms with Gasteiger partial charge >= 0.3 is 5.97 Å². The Morgan fingerprint density at radius 1 is 1.53 bits per heavy atom. The Hall–Kier alpha value is -2.15. The zero-order valence-electron chi connectivity index (χ0n) is 10.5. The van der Waals surface area contributed by atoms with E-state index in [2.05, 4.69) is 5.32 Å². The molecule has 0 aromatic heterocycles. The molecular weight excluding hydrogens is 252 g/mol. The number of hydrogen-bond donors (Lipinski definition) is 3. The largest absolute Gasteiger partial charge is 0.478 e. The molecule has 0 saturated heterocycles. The second kappa shape index (κ2) is 6.69. The van der Waals surface area contributed by atoms with Crippen molar-refractivity contribution in [2.75, 3.05) is 11.9 Å².